The normalized spacial score (nSPS) is 22.7. The highest BCUT2D eigenvalue weighted by molar-refractivity contribution is 7.10. The molecule has 1 aliphatic rings. The molecule has 6 heteroatoms. The Kier molecular flexibility index (Phi) is 4.89. The monoisotopic (exact) mass is 294 g/mol. The highest BCUT2D eigenvalue weighted by Crippen LogP contribution is 2.27. The molecule has 0 saturated carbocycles. The Morgan fingerprint density at radius 3 is 3.05 bits per heavy atom. The van der Waals surface area contributed by atoms with Gasteiger partial charge in [-0.05, 0) is 25.8 Å². The van der Waals surface area contributed by atoms with E-state index >= 15 is 0 Å². The van der Waals surface area contributed by atoms with Crippen molar-refractivity contribution < 1.29 is 14.3 Å². The highest BCUT2D eigenvalue weighted by atomic mass is 32.1. The molecular weight excluding hydrogens is 276 g/mol. The average molecular weight is 294 g/mol. The van der Waals surface area contributed by atoms with Crippen LogP contribution in [0.1, 0.15) is 31.2 Å². The fourth-order valence-electron chi connectivity index (χ4n) is 2.16. The summed E-state index contributed by atoms with van der Waals surface area (Å²) in [5.41, 5.74) is 0.697. The van der Waals surface area contributed by atoms with Gasteiger partial charge < -0.3 is 9.64 Å². The SMILES string of the molecule is CCOC(=O)C1/C=C(/c2nccs2)N(C)C(=O)CCC1. The zero-order valence-corrected chi connectivity index (χ0v) is 12.5. The van der Waals surface area contributed by atoms with Crippen LogP contribution in [0, 0.1) is 5.92 Å². The number of rotatable bonds is 3. The van der Waals surface area contributed by atoms with E-state index in [2.05, 4.69) is 4.98 Å². The van der Waals surface area contributed by atoms with Crippen LogP contribution in [0.3, 0.4) is 0 Å². The van der Waals surface area contributed by atoms with Crippen LogP contribution in [0.25, 0.3) is 5.70 Å². The molecular formula is C14H18N2O3S. The Balaban J connectivity index is 2.35. The van der Waals surface area contributed by atoms with E-state index in [1.807, 2.05) is 11.5 Å². The summed E-state index contributed by atoms with van der Waals surface area (Å²) in [6.45, 7) is 2.16. The number of amides is 1. The maximum atomic E-state index is 12.0. The van der Waals surface area contributed by atoms with Crippen LogP contribution in [0.15, 0.2) is 17.7 Å². The lowest BCUT2D eigenvalue weighted by molar-refractivity contribution is -0.146. The van der Waals surface area contributed by atoms with Crippen LogP contribution in [0.2, 0.25) is 0 Å². The molecule has 1 unspecified atom stereocenters. The van der Waals surface area contributed by atoms with Crippen molar-refractivity contribution in [2.24, 2.45) is 5.92 Å². The number of esters is 1. The minimum atomic E-state index is -0.315. The molecule has 1 aromatic heterocycles. The lowest BCUT2D eigenvalue weighted by Crippen LogP contribution is -2.29. The second kappa shape index (κ2) is 6.65. The number of hydrogen-bond donors (Lipinski definition) is 0. The lowest BCUT2D eigenvalue weighted by Gasteiger charge is -2.24. The summed E-state index contributed by atoms with van der Waals surface area (Å²) in [5.74, 6) is -0.498. The minimum absolute atomic E-state index is 0.0498. The summed E-state index contributed by atoms with van der Waals surface area (Å²) in [6, 6.07) is 0. The molecule has 1 amide bonds. The zero-order chi connectivity index (χ0) is 14.5. The van der Waals surface area contributed by atoms with Crippen molar-refractivity contribution >= 4 is 28.9 Å². The van der Waals surface area contributed by atoms with Gasteiger partial charge in [-0.15, -0.1) is 11.3 Å². The van der Waals surface area contributed by atoms with Crippen molar-refractivity contribution in [3.8, 4) is 0 Å². The molecule has 1 aromatic rings. The van der Waals surface area contributed by atoms with Crippen LogP contribution >= 0.6 is 11.3 Å². The number of carbonyl (C=O) groups excluding carboxylic acids is 2. The quantitative estimate of drug-likeness (QED) is 0.803. The standard InChI is InChI=1S/C14H18N2O3S/c1-3-19-14(18)10-5-4-6-12(17)16(2)11(9-10)13-15-7-8-20-13/h7-10H,3-6H2,1-2H3/b11-9-. The van der Waals surface area contributed by atoms with Gasteiger partial charge in [0.25, 0.3) is 0 Å². The third-order valence-electron chi connectivity index (χ3n) is 3.24. The van der Waals surface area contributed by atoms with Gasteiger partial charge in [0.2, 0.25) is 5.91 Å². The first-order valence-corrected chi connectivity index (χ1v) is 7.56. The van der Waals surface area contributed by atoms with Gasteiger partial charge in [0.15, 0.2) is 0 Å². The highest BCUT2D eigenvalue weighted by Gasteiger charge is 2.26. The third kappa shape index (κ3) is 3.25. The van der Waals surface area contributed by atoms with Crippen molar-refractivity contribution in [1.82, 2.24) is 9.88 Å². The summed E-state index contributed by atoms with van der Waals surface area (Å²) < 4.78 is 5.10. The van der Waals surface area contributed by atoms with E-state index in [9.17, 15) is 9.59 Å². The number of ether oxygens (including phenoxy) is 1. The van der Waals surface area contributed by atoms with E-state index < -0.39 is 0 Å². The number of aromatic nitrogens is 1. The molecule has 20 heavy (non-hydrogen) atoms. The Hall–Kier alpha value is -1.69. The first kappa shape index (κ1) is 14.7. The van der Waals surface area contributed by atoms with E-state index in [-0.39, 0.29) is 17.8 Å². The van der Waals surface area contributed by atoms with Gasteiger partial charge in [0, 0.05) is 25.0 Å². The molecule has 0 bridgehead atoms. The molecule has 0 aliphatic carbocycles. The fraction of sp³-hybridized carbons (Fsp3) is 0.500. The summed E-state index contributed by atoms with van der Waals surface area (Å²) >= 11 is 1.45. The maximum Gasteiger partial charge on any atom is 0.312 e. The van der Waals surface area contributed by atoms with E-state index in [0.29, 0.717) is 31.6 Å². The molecule has 0 spiro atoms. The molecule has 5 nitrogen and oxygen atoms in total. The number of hydrogen-bond acceptors (Lipinski definition) is 5. The maximum absolute atomic E-state index is 12.0. The summed E-state index contributed by atoms with van der Waals surface area (Å²) in [6.07, 6.45) is 5.27. The number of nitrogens with zero attached hydrogens (tertiary/aromatic N) is 2. The predicted molar refractivity (Wildman–Crippen MR) is 76.8 cm³/mol. The Morgan fingerprint density at radius 1 is 1.60 bits per heavy atom. The first-order chi connectivity index (χ1) is 9.63. The minimum Gasteiger partial charge on any atom is -0.466 e. The van der Waals surface area contributed by atoms with Gasteiger partial charge in [-0.2, -0.15) is 0 Å². The molecule has 0 aromatic carbocycles. The van der Waals surface area contributed by atoms with Gasteiger partial charge in [0.1, 0.15) is 5.01 Å². The van der Waals surface area contributed by atoms with Crippen LogP contribution in [-0.4, -0.2) is 35.4 Å². The van der Waals surface area contributed by atoms with Crippen LogP contribution in [-0.2, 0) is 14.3 Å². The van der Waals surface area contributed by atoms with Crippen molar-refractivity contribution in [3.05, 3.63) is 22.7 Å². The molecule has 1 aliphatic heterocycles. The largest absolute Gasteiger partial charge is 0.466 e. The van der Waals surface area contributed by atoms with Crippen LogP contribution < -0.4 is 0 Å². The molecule has 0 radical (unpaired) electrons. The second-order valence-corrected chi connectivity index (χ2v) is 5.49. The Labute approximate surface area is 122 Å². The van der Waals surface area contributed by atoms with Crippen LogP contribution in [0.4, 0.5) is 0 Å². The van der Waals surface area contributed by atoms with E-state index in [4.69, 9.17) is 4.74 Å². The Morgan fingerprint density at radius 2 is 2.40 bits per heavy atom. The topological polar surface area (TPSA) is 59.5 Å². The molecule has 2 heterocycles. The van der Waals surface area contributed by atoms with E-state index in [1.54, 1.807) is 25.1 Å². The van der Waals surface area contributed by atoms with Crippen LogP contribution in [0.5, 0.6) is 0 Å². The number of thiazole rings is 1. The van der Waals surface area contributed by atoms with Crippen molar-refractivity contribution in [1.29, 1.82) is 0 Å². The average Bonchev–Trinajstić information content (AvgIpc) is 2.94. The van der Waals surface area contributed by atoms with E-state index in [1.165, 1.54) is 11.3 Å². The summed E-state index contributed by atoms with van der Waals surface area (Å²) in [7, 11) is 1.73. The van der Waals surface area contributed by atoms with Crippen molar-refractivity contribution in [2.75, 3.05) is 13.7 Å². The molecule has 0 fully saturated rings. The predicted octanol–water partition coefficient (Wildman–Crippen LogP) is 2.31. The van der Waals surface area contributed by atoms with Crippen molar-refractivity contribution in [2.45, 2.75) is 26.2 Å². The lowest BCUT2D eigenvalue weighted by atomic mass is 9.98. The van der Waals surface area contributed by atoms with Gasteiger partial charge in [0.05, 0.1) is 18.2 Å². The fourth-order valence-corrected chi connectivity index (χ4v) is 2.86. The zero-order valence-electron chi connectivity index (χ0n) is 11.7. The summed E-state index contributed by atoms with van der Waals surface area (Å²) in [5, 5.41) is 2.60. The van der Waals surface area contributed by atoms with Gasteiger partial charge in [-0.3, -0.25) is 9.59 Å². The van der Waals surface area contributed by atoms with E-state index in [0.717, 1.165) is 5.01 Å². The first-order valence-electron chi connectivity index (χ1n) is 6.68. The molecule has 0 N–H and O–H groups in total. The Bertz CT molecular complexity index is 510. The van der Waals surface area contributed by atoms with Gasteiger partial charge >= 0.3 is 5.97 Å². The van der Waals surface area contributed by atoms with Crippen molar-refractivity contribution in [3.63, 3.8) is 0 Å². The molecule has 0 saturated heterocycles. The molecule has 108 valence electrons. The van der Waals surface area contributed by atoms with Gasteiger partial charge in [-0.1, -0.05) is 0 Å². The summed E-state index contributed by atoms with van der Waals surface area (Å²) in [4.78, 5) is 29.8. The molecule has 1 atom stereocenters. The van der Waals surface area contributed by atoms with Gasteiger partial charge in [-0.25, -0.2) is 4.98 Å². The third-order valence-corrected chi connectivity index (χ3v) is 4.04. The molecule has 2 rings (SSSR count). The smallest absolute Gasteiger partial charge is 0.312 e. The second-order valence-electron chi connectivity index (χ2n) is 4.59. The number of carbonyl (C=O) groups is 2.